The van der Waals surface area contributed by atoms with Gasteiger partial charge in [0.15, 0.2) is 0 Å². The lowest BCUT2D eigenvalue weighted by molar-refractivity contribution is -0.137. The number of amides is 2. The second-order valence-electron chi connectivity index (χ2n) is 5.93. The van der Waals surface area contributed by atoms with E-state index in [-0.39, 0.29) is 23.3 Å². The molecule has 0 saturated carbocycles. The SMILES string of the molecule is COCCNC(=O)C1CCN(C(=O)c2ccc(C(F)(F)F)cc2)CC1. The second-order valence-corrected chi connectivity index (χ2v) is 5.93. The number of halogens is 3. The molecule has 1 saturated heterocycles. The van der Waals surface area contributed by atoms with E-state index in [1.54, 1.807) is 12.0 Å². The van der Waals surface area contributed by atoms with Crippen LogP contribution in [0.4, 0.5) is 13.2 Å². The van der Waals surface area contributed by atoms with Crippen molar-refractivity contribution in [2.24, 2.45) is 5.92 Å². The molecule has 0 aliphatic carbocycles. The highest BCUT2D eigenvalue weighted by molar-refractivity contribution is 5.94. The number of benzene rings is 1. The van der Waals surface area contributed by atoms with Gasteiger partial charge in [0.25, 0.3) is 5.91 Å². The normalized spacial score (nSPS) is 15.9. The summed E-state index contributed by atoms with van der Waals surface area (Å²) in [5, 5.41) is 2.78. The minimum atomic E-state index is -4.42. The third-order valence-electron chi connectivity index (χ3n) is 4.22. The molecule has 8 heteroatoms. The number of alkyl halides is 3. The fourth-order valence-corrected chi connectivity index (χ4v) is 2.75. The van der Waals surface area contributed by atoms with Crippen molar-refractivity contribution in [3.8, 4) is 0 Å². The van der Waals surface area contributed by atoms with E-state index in [2.05, 4.69) is 5.32 Å². The fourth-order valence-electron chi connectivity index (χ4n) is 2.75. The highest BCUT2D eigenvalue weighted by Crippen LogP contribution is 2.29. The maximum Gasteiger partial charge on any atom is 0.416 e. The van der Waals surface area contributed by atoms with Crippen LogP contribution in [-0.4, -0.2) is 50.1 Å². The molecule has 0 radical (unpaired) electrons. The molecule has 2 amide bonds. The maximum atomic E-state index is 12.6. The van der Waals surface area contributed by atoms with Gasteiger partial charge in [0.2, 0.25) is 5.91 Å². The van der Waals surface area contributed by atoms with E-state index in [1.807, 2.05) is 0 Å². The zero-order valence-corrected chi connectivity index (χ0v) is 13.9. The lowest BCUT2D eigenvalue weighted by atomic mass is 9.95. The third kappa shape index (κ3) is 5.19. The molecule has 1 fully saturated rings. The van der Waals surface area contributed by atoms with Crippen LogP contribution in [0.3, 0.4) is 0 Å². The number of nitrogens with one attached hydrogen (secondary N) is 1. The van der Waals surface area contributed by atoms with Gasteiger partial charge in [-0.1, -0.05) is 0 Å². The number of ether oxygens (including phenoxy) is 1. The Morgan fingerprint density at radius 1 is 1.20 bits per heavy atom. The molecule has 0 bridgehead atoms. The van der Waals surface area contributed by atoms with Gasteiger partial charge in [-0.05, 0) is 37.1 Å². The number of piperidine rings is 1. The first-order valence-electron chi connectivity index (χ1n) is 8.06. The van der Waals surface area contributed by atoms with Crippen LogP contribution in [0, 0.1) is 5.92 Å². The van der Waals surface area contributed by atoms with E-state index in [0.29, 0.717) is 39.1 Å². The molecule has 25 heavy (non-hydrogen) atoms. The monoisotopic (exact) mass is 358 g/mol. The molecule has 1 heterocycles. The fraction of sp³-hybridized carbons (Fsp3) is 0.529. The number of hydrogen-bond donors (Lipinski definition) is 1. The van der Waals surface area contributed by atoms with Gasteiger partial charge >= 0.3 is 6.18 Å². The summed E-state index contributed by atoms with van der Waals surface area (Å²) in [4.78, 5) is 25.9. The summed E-state index contributed by atoms with van der Waals surface area (Å²) in [6, 6.07) is 4.19. The summed E-state index contributed by atoms with van der Waals surface area (Å²) in [7, 11) is 1.55. The van der Waals surface area contributed by atoms with Crippen LogP contribution in [0.2, 0.25) is 0 Å². The van der Waals surface area contributed by atoms with Gasteiger partial charge < -0.3 is 15.0 Å². The Morgan fingerprint density at radius 2 is 1.80 bits per heavy atom. The van der Waals surface area contributed by atoms with E-state index < -0.39 is 11.7 Å². The zero-order chi connectivity index (χ0) is 18.4. The number of methoxy groups -OCH3 is 1. The first-order chi connectivity index (χ1) is 11.8. The molecule has 1 aromatic carbocycles. The van der Waals surface area contributed by atoms with Crippen LogP contribution >= 0.6 is 0 Å². The number of hydrogen-bond acceptors (Lipinski definition) is 3. The highest BCUT2D eigenvalue weighted by atomic mass is 19.4. The molecule has 1 aromatic rings. The van der Waals surface area contributed by atoms with Crippen molar-refractivity contribution in [1.29, 1.82) is 0 Å². The zero-order valence-electron chi connectivity index (χ0n) is 13.9. The Hall–Kier alpha value is -2.09. The molecule has 2 rings (SSSR count). The molecule has 1 aliphatic heterocycles. The van der Waals surface area contributed by atoms with Crippen LogP contribution in [0.15, 0.2) is 24.3 Å². The van der Waals surface area contributed by atoms with Gasteiger partial charge in [-0.2, -0.15) is 13.2 Å². The molecule has 138 valence electrons. The summed E-state index contributed by atoms with van der Waals surface area (Å²) < 4.78 is 42.6. The topological polar surface area (TPSA) is 58.6 Å². The summed E-state index contributed by atoms with van der Waals surface area (Å²) in [6.45, 7) is 1.70. The third-order valence-corrected chi connectivity index (χ3v) is 4.22. The Labute approximate surface area is 144 Å². The van der Waals surface area contributed by atoms with Gasteiger partial charge in [-0.25, -0.2) is 0 Å². The Balaban J connectivity index is 1.87. The van der Waals surface area contributed by atoms with Crippen LogP contribution in [0.1, 0.15) is 28.8 Å². The van der Waals surface area contributed by atoms with Gasteiger partial charge in [0.05, 0.1) is 12.2 Å². The smallest absolute Gasteiger partial charge is 0.383 e. The summed E-state index contributed by atoms with van der Waals surface area (Å²) in [5.74, 6) is -0.529. The predicted molar refractivity (Wildman–Crippen MR) is 85.0 cm³/mol. The van der Waals surface area contributed by atoms with Crippen molar-refractivity contribution in [2.45, 2.75) is 19.0 Å². The quantitative estimate of drug-likeness (QED) is 0.822. The minimum Gasteiger partial charge on any atom is -0.383 e. The van der Waals surface area contributed by atoms with Crippen LogP contribution < -0.4 is 5.32 Å². The van der Waals surface area contributed by atoms with E-state index in [1.165, 1.54) is 12.1 Å². The minimum absolute atomic E-state index is 0.0568. The molecule has 1 aliphatic rings. The van der Waals surface area contributed by atoms with Crippen molar-refractivity contribution in [2.75, 3.05) is 33.4 Å². The Bertz CT molecular complexity index is 594. The molecule has 5 nitrogen and oxygen atoms in total. The van der Waals surface area contributed by atoms with Crippen molar-refractivity contribution >= 4 is 11.8 Å². The van der Waals surface area contributed by atoms with Crippen LogP contribution in [0.5, 0.6) is 0 Å². The average molecular weight is 358 g/mol. The Morgan fingerprint density at radius 3 is 2.32 bits per heavy atom. The molecule has 0 aromatic heterocycles. The largest absolute Gasteiger partial charge is 0.416 e. The lowest BCUT2D eigenvalue weighted by Crippen LogP contribution is -2.43. The summed E-state index contributed by atoms with van der Waals surface area (Å²) >= 11 is 0. The molecule has 0 atom stereocenters. The molecule has 0 spiro atoms. The van der Waals surface area contributed by atoms with Gasteiger partial charge in [0, 0.05) is 38.2 Å². The van der Waals surface area contributed by atoms with Crippen molar-refractivity contribution in [3.05, 3.63) is 35.4 Å². The molecular weight excluding hydrogens is 337 g/mol. The number of nitrogens with zero attached hydrogens (tertiary/aromatic N) is 1. The number of rotatable bonds is 5. The van der Waals surface area contributed by atoms with Gasteiger partial charge in [-0.15, -0.1) is 0 Å². The van der Waals surface area contributed by atoms with Crippen molar-refractivity contribution in [1.82, 2.24) is 10.2 Å². The summed E-state index contributed by atoms with van der Waals surface area (Å²) in [5.41, 5.74) is -0.563. The number of carbonyl (C=O) groups excluding carboxylic acids is 2. The molecular formula is C17H21F3N2O3. The van der Waals surface area contributed by atoms with Gasteiger partial charge in [-0.3, -0.25) is 9.59 Å². The lowest BCUT2D eigenvalue weighted by Gasteiger charge is -2.31. The maximum absolute atomic E-state index is 12.6. The van der Waals surface area contributed by atoms with Crippen molar-refractivity contribution < 1.29 is 27.5 Å². The molecule has 0 unspecified atom stereocenters. The van der Waals surface area contributed by atoms with E-state index in [4.69, 9.17) is 4.74 Å². The van der Waals surface area contributed by atoms with Gasteiger partial charge in [0.1, 0.15) is 0 Å². The Kier molecular flexibility index (Phi) is 6.41. The predicted octanol–water partition coefficient (Wildman–Crippen LogP) is 2.32. The highest BCUT2D eigenvalue weighted by Gasteiger charge is 2.31. The van der Waals surface area contributed by atoms with Crippen molar-refractivity contribution in [3.63, 3.8) is 0 Å². The first kappa shape index (κ1) is 19.2. The second kappa shape index (κ2) is 8.33. The molecule has 1 N–H and O–H groups in total. The van der Waals surface area contributed by atoms with E-state index >= 15 is 0 Å². The average Bonchev–Trinajstić information content (AvgIpc) is 2.61. The first-order valence-corrected chi connectivity index (χ1v) is 8.06. The summed E-state index contributed by atoms with van der Waals surface area (Å²) in [6.07, 6.45) is -3.35. The number of likely N-dealkylation sites (tertiary alicyclic amines) is 1. The van der Waals surface area contributed by atoms with E-state index in [9.17, 15) is 22.8 Å². The van der Waals surface area contributed by atoms with Crippen LogP contribution in [-0.2, 0) is 15.7 Å². The van der Waals surface area contributed by atoms with Crippen LogP contribution in [0.25, 0.3) is 0 Å². The van der Waals surface area contributed by atoms with E-state index in [0.717, 1.165) is 12.1 Å². The number of carbonyl (C=O) groups is 2. The standard InChI is InChI=1S/C17H21F3N2O3/c1-25-11-8-21-15(23)12-6-9-22(10-7-12)16(24)13-2-4-14(5-3-13)17(18,19)20/h2-5,12H,6-11H2,1H3,(H,21,23).